The first-order valence-electron chi connectivity index (χ1n) is 6.36. The van der Waals surface area contributed by atoms with Crippen LogP contribution in [0.3, 0.4) is 0 Å². The molecule has 2 aliphatic rings. The van der Waals surface area contributed by atoms with Crippen molar-refractivity contribution >= 4 is 0 Å². The number of rotatable bonds is 5. The van der Waals surface area contributed by atoms with E-state index in [0.29, 0.717) is 11.5 Å². The summed E-state index contributed by atoms with van der Waals surface area (Å²) in [7, 11) is 0. The highest BCUT2D eigenvalue weighted by atomic mass is 14.9. The lowest BCUT2D eigenvalue weighted by Crippen LogP contribution is -2.44. The summed E-state index contributed by atoms with van der Waals surface area (Å²) < 4.78 is 0. The molecule has 14 heavy (non-hydrogen) atoms. The van der Waals surface area contributed by atoms with Crippen molar-refractivity contribution in [1.82, 2.24) is 5.32 Å². The van der Waals surface area contributed by atoms with Crippen molar-refractivity contribution in [2.24, 2.45) is 17.3 Å². The molecule has 0 spiro atoms. The van der Waals surface area contributed by atoms with Gasteiger partial charge in [0.25, 0.3) is 0 Å². The maximum absolute atomic E-state index is 3.66. The van der Waals surface area contributed by atoms with Gasteiger partial charge in [0.2, 0.25) is 0 Å². The Kier molecular flexibility index (Phi) is 2.88. The summed E-state index contributed by atoms with van der Waals surface area (Å²) in [4.78, 5) is 0. The molecule has 0 aromatic rings. The normalized spacial score (nSPS) is 27.4. The molecule has 2 fully saturated rings. The Labute approximate surface area is 88.7 Å². The third kappa shape index (κ3) is 1.98. The third-order valence-corrected chi connectivity index (χ3v) is 4.44. The zero-order valence-corrected chi connectivity index (χ0v) is 9.97. The first-order valence-corrected chi connectivity index (χ1v) is 6.36. The fourth-order valence-electron chi connectivity index (χ4n) is 2.86. The molecule has 1 heteroatoms. The van der Waals surface area contributed by atoms with Gasteiger partial charge in [-0.2, -0.15) is 0 Å². The first-order chi connectivity index (χ1) is 6.63. The van der Waals surface area contributed by atoms with E-state index >= 15 is 0 Å². The average Bonchev–Trinajstić information content (AvgIpc) is 2.79. The van der Waals surface area contributed by atoms with Crippen LogP contribution in [-0.2, 0) is 0 Å². The molecule has 2 rings (SSSR count). The molecule has 1 unspecified atom stereocenters. The Hall–Kier alpha value is -0.0400. The van der Waals surface area contributed by atoms with E-state index in [-0.39, 0.29) is 0 Å². The van der Waals surface area contributed by atoms with Crippen molar-refractivity contribution in [3.05, 3.63) is 0 Å². The lowest BCUT2D eigenvalue weighted by molar-refractivity contribution is 0.0739. The fourth-order valence-corrected chi connectivity index (χ4v) is 2.86. The summed E-state index contributed by atoms with van der Waals surface area (Å²) in [6, 6.07) is 0.646. The molecule has 0 aromatic heterocycles. The zero-order chi connectivity index (χ0) is 10.2. The standard InChI is InChI=1S/C13H25N/c1-10(2)14-9-13(3,12-7-8-12)11-5-4-6-11/h10-12,14H,4-9H2,1-3H3. The Bertz CT molecular complexity index is 191. The Morgan fingerprint density at radius 3 is 2.07 bits per heavy atom. The van der Waals surface area contributed by atoms with Crippen LogP contribution in [0.1, 0.15) is 52.9 Å². The van der Waals surface area contributed by atoms with Crippen molar-refractivity contribution in [2.75, 3.05) is 6.54 Å². The molecule has 0 radical (unpaired) electrons. The van der Waals surface area contributed by atoms with Crippen LogP contribution in [0.5, 0.6) is 0 Å². The topological polar surface area (TPSA) is 12.0 Å². The minimum Gasteiger partial charge on any atom is -0.314 e. The molecule has 0 heterocycles. The van der Waals surface area contributed by atoms with Crippen molar-refractivity contribution in [1.29, 1.82) is 0 Å². The van der Waals surface area contributed by atoms with Gasteiger partial charge in [0.1, 0.15) is 0 Å². The van der Waals surface area contributed by atoms with Crippen LogP contribution in [0.15, 0.2) is 0 Å². The maximum atomic E-state index is 3.66. The molecular weight excluding hydrogens is 170 g/mol. The van der Waals surface area contributed by atoms with E-state index in [4.69, 9.17) is 0 Å². The van der Waals surface area contributed by atoms with Crippen molar-refractivity contribution < 1.29 is 0 Å². The zero-order valence-electron chi connectivity index (χ0n) is 9.97. The van der Waals surface area contributed by atoms with Gasteiger partial charge >= 0.3 is 0 Å². The van der Waals surface area contributed by atoms with E-state index in [2.05, 4.69) is 26.1 Å². The smallest absolute Gasteiger partial charge is 0.00128 e. The van der Waals surface area contributed by atoms with E-state index in [1.54, 1.807) is 0 Å². The van der Waals surface area contributed by atoms with Crippen molar-refractivity contribution in [3.63, 3.8) is 0 Å². The second-order valence-corrected chi connectivity index (χ2v) is 5.94. The second-order valence-electron chi connectivity index (χ2n) is 5.94. The van der Waals surface area contributed by atoms with Crippen LogP contribution in [0.25, 0.3) is 0 Å². The minimum absolute atomic E-state index is 0.628. The molecule has 1 N–H and O–H groups in total. The SMILES string of the molecule is CC(C)NCC(C)(C1CCC1)C1CC1. The maximum Gasteiger partial charge on any atom is 0.00128 e. The van der Waals surface area contributed by atoms with Crippen LogP contribution in [-0.4, -0.2) is 12.6 Å². The lowest BCUT2D eigenvalue weighted by Gasteiger charge is -2.44. The number of nitrogens with one attached hydrogen (secondary N) is 1. The largest absolute Gasteiger partial charge is 0.314 e. The van der Waals surface area contributed by atoms with Crippen LogP contribution < -0.4 is 5.32 Å². The molecule has 82 valence electrons. The van der Waals surface area contributed by atoms with Crippen LogP contribution in [0, 0.1) is 17.3 Å². The van der Waals surface area contributed by atoms with Crippen molar-refractivity contribution in [3.8, 4) is 0 Å². The third-order valence-electron chi connectivity index (χ3n) is 4.44. The van der Waals surface area contributed by atoms with Gasteiger partial charge in [-0.3, -0.25) is 0 Å². The van der Waals surface area contributed by atoms with Crippen LogP contribution >= 0.6 is 0 Å². The quantitative estimate of drug-likeness (QED) is 0.710. The Balaban J connectivity index is 1.91. The Morgan fingerprint density at radius 1 is 1.14 bits per heavy atom. The van der Waals surface area contributed by atoms with E-state index in [9.17, 15) is 0 Å². The fraction of sp³-hybridized carbons (Fsp3) is 1.00. The van der Waals surface area contributed by atoms with Gasteiger partial charge in [0.05, 0.1) is 0 Å². The summed E-state index contributed by atoms with van der Waals surface area (Å²) in [5.74, 6) is 2.07. The van der Waals surface area contributed by atoms with E-state index in [1.165, 1.54) is 38.6 Å². The van der Waals surface area contributed by atoms with E-state index in [1.807, 2.05) is 0 Å². The summed E-state index contributed by atoms with van der Waals surface area (Å²) in [5, 5.41) is 3.66. The molecule has 0 aromatic carbocycles. The summed E-state index contributed by atoms with van der Waals surface area (Å²) in [6.07, 6.45) is 7.45. The van der Waals surface area contributed by atoms with Crippen molar-refractivity contribution in [2.45, 2.75) is 58.9 Å². The summed E-state index contributed by atoms with van der Waals surface area (Å²) >= 11 is 0. The van der Waals surface area contributed by atoms with Gasteiger partial charge in [-0.25, -0.2) is 0 Å². The van der Waals surface area contributed by atoms with E-state index < -0.39 is 0 Å². The van der Waals surface area contributed by atoms with Gasteiger partial charge < -0.3 is 5.32 Å². The number of hydrogen-bond acceptors (Lipinski definition) is 1. The highest BCUT2D eigenvalue weighted by molar-refractivity contribution is 4.99. The van der Waals surface area contributed by atoms with E-state index in [0.717, 1.165) is 11.8 Å². The molecule has 0 amide bonds. The predicted molar refractivity (Wildman–Crippen MR) is 61.3 cm³/mol. The lowest BCUT2D eigenvalue weighted by atomic mass is 9.63. The first kappa shape index (κ1) is 10.5. The molecule has 0 bridgehead atoms. The van der Waals surface area contributed by atoms with Gasteiger partial charge in [0, 0.05) is 12.6 Å². The number of hydrogen-bond donors (Lipinski definition) is 1. The molecule has 0 aliphatic heterocycles. The molecule has 1 atom stereocenters. The molecular formula is C13H25N. The van der Waals surface area contributed by atoms with Gasteiger partial charge in [0.15, 0.2) is 0 Å². The van der Waals surface area contributed by atoms with Gasteiger partial charge in [-0.05, 0) is 42.9 Å². The molecule has 1 nitrogen and oxygen atoms in total. The molecule has 0 saturated heterocycles. The molecule has 2 aliphatic carbocycles. The highest BCUT2D eigenvalue weighted by Crippen LogP contribution is 2.55. The second kappa shape index (κ2) is 3.84. The van der Waals surface area contributed by atoms with Crippen LogP contribution in [0.2, 0.25) is 0 Å². The highest BCUT2D eigenvalue weighted by Gasteiger charge is 2.47. The Morgan fingerprint density at radius 2 is 1.71 bits per heavy atom. The monoisotopic (exact) mass is 195 g/mol. The molecule has 2 saturated carbocycles. The van der Waals surface area contributed by atoms with Crippen LogP contribution in [0.4, 0.5) is 0 Å². The average molecular weight is 195 g/mol. The minimum atomic E-state index is 0.628. The van der Waals surface area contributed by atoms with Gasteiger partial charge in [-0.15, -0.1) is 0 Å². The summed E-state index contributed by atoms with van der Waals surface area (Å²) in [6.45, 7) is 8.30. The van der Waals surface area contributed by atoms with Gasteiger partial charge in [-0.1, -0.05) is 27.2 Å². The predicted octanol–water partition coefficient (Wildman–Crippen LogP) is 3.20. The summed E-state index contributed by atoms with van der Waals surface area (Å²) in [5.41, 5.74) is 0.628.